The summed E-state index contributed by atoms with van der Waals surface area (Å²) in [5, 5.41) is 1.88. The Labute approximate surface area is 128 Å². The van der Waals surface area contributed by atoms with Crippen LogP contribution in [0.5, 0.6) is 0 Å². The van der Waals surface area contributed by atoms with Gasteiger partial charge >= 0.3 is 0 Å². The molecule has 2 rings (SSSR count). The van der Waals surface area contributed by atoms with Crippen LogP contribution < -0.4 is 5.32 Å². The lowest BCUT2D eigenvalue weighted by Crippen LogP contribution is -2.39. The van der Waals surface area contributed by atoms with E-state index >= 15 is 0 Å². The average Bonchev–Trinajstić information content (AvgIpc) is 2.40. The number of sulfone groups is 1. The van der Waals surface area contributed by atoms with Crippen LogP contribution in [0.15, 0.2) is 22.7 Å². The molecule has 110 valence electrons. The summed E-state index contributed by atoms with van der Waals surface area (Å²) in [5.41, 5.74) is 1.68. The standard InChI is InChI=1S/C14H18BrNO3S/c1-2-10-9-11(15)6-7-12(10)16-14(17)13-5-3-4-8-20(13,18)19/h6-7,9,13H,2-5,8H2,1H3,(H,16,17). The molecule has 0 aromatic heterocycles. The van der Waals surface area contributed by atoms with Gasteiger partial charge in [-0.05, 0) is 43.0 Å². The molecular weight excluding hydrogens is 342 g/mol. The van der Waals surface area contributed by atoms with Gasteiger partial charge in [0.2, 0.25) is 5.91 Å². The summed E-state index contributed by atoms with van der Waals surface area (Å²) >= 11 is 3.39. The van der Waals surface area contributed by atoms with Crippen molar-refractivity contribution in [2.45, 2.75) is 37.9 Å². The molecule has 1 fully saturated rings. The van der Waals surface area contributed by atoms with Crippen LogP contribution in [0.4, 0.5) is 5.69 Å². The molecule has 1 saturated heterocycles. The first-order valence-corrected chi connectivity index (χ1v) is 9.25. The van der Waals surface area contributed by atoms with Gasteiger partial charge in [0.25, 0.3) is 0 Å². The molecule has 1 heterocycles. The predicted molar refractivity (Wildman–Crippen MR) is 83.6 cm³/mol. The second-order valence-electron chi connectivity index (χ2n) is 5.00. The largest absolute Gasteiger partial charge is 0.325 e. The lowest BCUT2D eigenvalue weighted by atomic mass is 10.1. The van der Waals surface area contributed by atoms with Crippen molar-refractivity contribution < 1.29 is 13.2 Å². The first-order valence-electron chi connectivity index (χ1n) is 6.75. The summed E-state index contributed by atoms with van der Waals surface area (Å²) in [6.07, 6.45) is 2.64. The second-order valence-corrected chi connectivity index (χ2v) is 8.21. The first kappa shape index (κ1) is 15.5. The molecule has 1 aliphatic heterocycles. The van der Waals surface area contributed by atoms with Crippen molar-refractivity contribution in [1.82, 2.24) is 0 Å². The lowest BCUT2D eigenvalue weighted by molar-refractivity contribution is -0.116. The Morgan fingerprint density at radius 3 is 2.80 bits per heavy atom. The van der Waals surface area contributed by atoms with E-state index in [2.05, 4.69) is 21.2 Å². The zero-order chi connectivity index (χ0) is 14.8. The normalized spacial score (nSPS) is 21.4. The molecule has 0 radical (unpaired) electrons. The van der Waals surface area contributed by atoms with E-state index < -0.39 is 21.0 Å². The van der Waals surface area contributed by atoms with Crippen LogP contribution in [0.1, 0.15) is 31.7 Å². The van der Waals surface area contributed by atoms with Gasteiger partial charge in [0.15, 0.2) is 9.84 Å². The molecule has 4 nitrogen and oxygen atoms in total. The highest BCUT2D eigenvalue weighted by Crippen LogP contribution is 2.24. The number of halogens is 1. The Morgan fingerprint density at radius 1 is 1.40 bits per heavy atom. The van der Waals surface area contributed by atoms with Crippen LogP contribution >= 0.6 is 15.9 Å². The number of amides is 1. The number of anilines is 1. The second kappa shape index (κ2) is 6.26. The molecule has 0 bridgehead atoms. The monoisotopic (exact) mass is 359 g/mol. The summed E-state index contributed by atoms with van der Waals surface area (Å²) in [7, 11) is -3.29. The van der Waals surface area contributed by atoms with E-state index in [1.807, 2.05) is 19.1 Å². The number of nitrogens with one attached hydrogen (secondary N) is 1. The molecule has 1 aromatic rings. The predicted octanol–water partition coefficient (Wildman–Crippen LogP) is 2.92. The fraction of sp³-hybridized carbons (Fsp3) is 0.500. The summed E-state index contributed by atoms with van der Waals surface area (Å²) in [4.78, 5) is 12.2. The van der Waals surface area contributed by atoms with Gasteiger partial charge < -0.3 is 5.32 Å². The molecular formula is C14H18BrNO3S. The molecule has 1 unspecified atom stereocenters. The van der Waals surface area contributed by atoms with Gasteiger partial charge in [-0.2, -0.15) is 0 Å². The summed E-state index contributed by atoms with van der Waals surface area (Å²) in [6, 6.07) is 5.57. The van der Waals surface area contributed by atoms with E-state index in [1.165, 1.54) is 0 Å². The van der Waals surface area contributed by atoms with Crippen LogP contribution in [-0.4, -0.2) is 25.3 Å². The van der Waals surface area contributed by atoms with Crippen molar-refractivity contribution in [3.63, 3.8) is 0 Å². The fourth-order valence-electron chi connectivity index (χ4n) is 2.44. The summed E-state index contributed by atoms with van der Waals surface area (Å²) < 4.78 is 24.8. The maximum absolute atomic E-state index is 12.2. The van der Waals surface area contributed by atoms with Gasteiger partial charge in [0.1, 0.15) is 5.25 Å². The zero-order valence-electron chi connectivity index (χ0n) is 11.4. The number of aryl methyl sites for hydroxylation is 1. The Balaban J connectivity index is 2.19. The van der Waals surface area contributed by atoms with Crippen LogP contribution in [0.3, 0.4) is 0 Å². The minimum atomic E-state index is -3.29. The minimum Gasteiger partial charge on any atom is -0.325 e. The van der Waals surface area contributed by atoms with Gasteiger partial charge in [-0.1, -0.05) is 29.3 Å². The van der Waals surface area contributed by atoms with Crippen molar-refractivity contribution in [3.8, 4) is 0 Å². The van der Waals surface area contributed by atoms with Gasteiger partial charge in [0.05, 0.1) is 5.75 Å². The summed E-state index contributed by atoms with van der Waals surface area (Å²) in [6.45, 7) is 1.99. The van der Waals surface area contributed by atoms with Crippen molar-refractivity contribution in [3.05, 3.63) is 28.2 Å². The number of hydrogen-bond acceptors (Lipinski definition) is 3. The molecule has 20 heavy (non-hydrogen) atoms. The summed E-state index contributed by atoms with van der Waals surface area (Å²) in [5.74, 6) is -0.284. The van der Waals surface area contributed by atoms with Gasteiger partial charge in [-0.15, -0.1) is 0 Å². The van der Waals surface area contributed by atoms with E-state index in [4.69, 9.17) is 0 Å². The third-order valence-corrected chi connectivity index (χ3v) is 6.24. The lowest BCUT2D eigenvalue weighted by Gasteiger charge is -2.22. The quantitative estimate of drug-likeness (QED) is 0.902. The highest BCUT2D eigenvalue weighted by Gasteiger charge is 2.34. The Hall–Kier alpha value is -0.880. The van der Waals surface area contributed by atoms with Gasteiger partial charge in [-0.3, -0.25) is 4.79 Å². The van der Waals surface area contributed by atoms with E-state index in [0.29, 0.717) is 18.5 Å². The highest BCUT2D eigenvalue weighted by atomic mass is 79.9. The Bertz CT molecular complexity index is 613. The Morgan fingerprint density at radius 2 is 2.15 bits per heavy atom. The van der Waals surface area contributed by atoms with Crippen molar-refractivity contribution in [2.24, 2.45) is 0 Å². The smallest absolute Gasteiger partial charge is 0.242 e. The molecule has 1 aromatic carbocycles. The van der Waals surface area contributed by atoms with Crippen molar-refractivity contribution in [1.29, 1.82) is 0 Å². The maximum Gasteiger partial charge on any atom is 0.242 e. The molecule has 1 N–H and O–H groups in total. The minimum absolute atomic E-state index is 0.117. The number of carbonyl (C=O) groups excluding carboxylic acids is 1. The van der Waals surface area contributed by atoms with Crippen LogP contribution in [0.25, 0.3) is 0 Å². The van der Waals surface area contributed by atoms with Crippen LogP contribution in [0, 0.1) is 0 Å². The third-order valence-electron chi connectivity index (χ3n) is 3.58. The number of carbonyl (C=O) groups is 1. The van der Waals surface area contributed by atoms with Crippen LogP contribution in [0.2, 0.25) is 0 Å². The van der Waals surface area contributed by atoms with Crippen LogP contribution in [-0.2, 0) is 21.1 Å². The molecule has 6 heteroatoms. The fourth-order valence-corrected chi connectivity index (χ4v) is 4.65. The van der Waals surface area contributed by atoms with E-state index in [-0.39, 0.29) is 5.75 Å². The zero-order valence-corrected chi connectivity index (χ0v) is 13.8. The third kappa shape index (κ3) is 3.41. The maximum atomic E-state index is 12.2. The van der Waals surface area contributed by atoms with Gasteiger partial charge in [-0.25, -0.2) is 8.42 Å². The topological polar surface area (TPSA) is 63.2 Å². The Kier molecular flexibility index (Phi) is 4.86. The molecule has 1 aliphatic rings. The molecule has 1 atom stereocenters. The number of hydrogen-bond donors (Lipinski definition) is 1. The van der Waals surface area contributed by atoms with Gasteiger partial charge in [0, 0.05) is 10.2 Å². The SMILES string of the molecule is CCc1cc(Br)ccc1NC(=O)C1CCCCS1(=O)=O. The number of benzene rings is 1. The van der Waals surface area contributed by atoms with E-state index in [0.717, 1.165) is 22.9 Å². The van der Waals surface area contributed by atoms with E-state index in [9.17, 15) is 13.2 Å². The highest BCUT2D eigenvalue weighted by molar-refractivity contribution is 9.10. The molecule has 1 amide bonds. The van der Waals surface area contributed by atoms with E-state index in [1.54, 1.807) is 6.07 Å². The van der Waals surface area contributed by atoms with Crippen molar-refractivity contribution in [2.75, 3.05) is 11.1 Å². The molecule has 0 aliphatic carbocycles. The molecule has 0 spiro atoms. The first-order chi connectivity index (χ1) is 9.44. The number of rotatable bonds is 3. The average molecular weight is 360 g/mol. The molecule has 0 saturated carbocycles. The van der Waals surface area contributed by atoms with Crippen molar-refractivity contribution >= 4 is 37.4 Å².